The molecule has 0 unspecified atom stereocenters. The van der Waals surface area contributed by atoms with Gasteiger partial charge in [0.1, 0.15) is 5.54 Å². The number of nitrogens with zero attached hydrogens (tertiary/aromatic N) is 3. The zero-order valence-corrected chi connectivity index (χ0v) is 14.4. The molecule has 0 spiro atoms. The monoisotopic (exact) mass is 340 g/mol. The van der Waals surface area contributed by atoms with Gasteiger partial charge in [0.15, 0.2) is 0 Å². The molecule has 132 valence electrons. The maximum absolute atomic E-state index is 12.4. The summed E-state index contributed by atoms with van der Waals surface area (Å²) in [6.45, 7) is 2.86. The third-order valence-electron chi connectivity index (χ3n) is 5.10. The molecule has 25 heavy (non-hydrogen) atoms. The van der Waals surface area contributed by atoms with Gasteiger partial charge >= 0.3 is 0 Å². The van der Waals surface area contributed by atoms with E-state index < -0.39 is 5.54 Å². The molecule has 2 fully saturated rings. The summed E-state index contributed by atoms with van der Waals surface area (Å²) in [7, 11) is 0. The number of carbonyl (C=O) groups excluding carboxylic acids is 2. The zero-order valence-electron chi connectivity index (χ0n) is 14.4. The summed E-state index contributed by atoms with van der Waals surface area (Å²) in [4.78, 5) is 28.6. The van der Waals surface area contributed by atoms with Crippen LogP contribution in [-0.4, -0.2) is 59.9 Å². The molecule has 1 saturated carbocycles. The van der Waals surface area contributed by atoms with Gasteiger partial charge in [-0.05, 0) is 37.8 Å². The molecular weight excluding hydrogens is 316 g/mol. The van der Waals surface area contributed by atoms with Crippen LogP contribution in [0.3, 0.4) is 0 Å². The van der Waals surface area contributed by atoms with E-state index >= 15 is 0 Å². The maximum Gasteiger partial charge on any atom is 0.253 e. The van der Waals surface area contributed by atoms with Crippen molar-refractivity contribution in [3.63, 3.8) is 0 Å². The van der Waals surface area contributed by atoms with Crippen molar-refractivity contribution >= 4 is 11.8 Å². The number of hydrogen-bond donors (Lipinski definition) is 1. The lowest BCUT2D eigenvalue weighted by molar-refractivity contribution is -0.123. The van der Waals surface area contributed by atoms with Crippen LogP contribution < -0.4 is 5.32 Å². The Bertz CT molecular complexity index is 654. The Balaban J connectivity index is 1.47. The molecule has 0 bridgehead atoms. The van der Waals surface area contributed by atoms with Gasteiger partial charge in [0.2, 0.25) is 5.91 Å². The summed E-state index contributed by atoms with van der Waals surface area (Å²) in [6.07, 6.45) is 3.48. The van der Waals surface area contributed by atoms with Gasteiger partial charge in [-0.15, -0.1) is 0 Å². The second-order valence-electron chi connectivity index (χ2n) is 6.88. The van der Waals surface area contributed by atoms with E-state index in [1.54, 1.807) is 0 Å². The van der Waals surface area contributed by atoms with Gasteiger partial charge in [0.25, 0.3) is 5.91 Å². The standard InChI is InChI=1S/C19H24N4O2/c20-15-19(8-4-5-9-19)21-17(24)14-22-10-12-23(13-11-22)18(25)16-6-2-1-3-7-16/h1-3,6-7H,4-5,8-14H2,(H,21,24). The van der Waals surface area contributed by atoms with Crippen LogP contribution in [0.15, 0.2) is 30.3 Å². The number of nitriles is 1. The topological polar surface area (TPSA) is 76.4 Å². The highest BCUT2D eigenvalue weighted by atomic mass is 16.2. The van der Waals surface area contributed by atoms with Gasteiger partial charge in [0.05, 0.1) is 12.6 Å². The van der Waals surface area contributed by atoms with E-state index in [4.69, 9.17) is 0 Å². The van der Waals surface area contributed by atoms with E-state index in [1.165, 1.54) is 0 Å². The van der Waals surface area contributed by atoms with Gasteiger partial charge in [-0.2, -0.15) is 5.26 Å². The van der Waals surface area contributed by atoms with Crippen LogP contribution in [0.4, 0.5) is 0 Å². The first-order valence-corrected chi connectivity index (χ1v) is 8.91. The van der Waals surface area contributed by atoms with E-state index in [1.807, 2.05) is 40.1 Å². The van der Waals surface area contributed by atoms with Crippen molar-refractivity contribution in [2.45, 2.75) is 31.2 Å². The zero-order chi connectivity index (χ0) is 17.7. The molecule has 0 radical (unpaired) electrons. The normalized spacial score (nSPS) is 20.0. The van der Waals surface area contributed by atoms with Crippen LogP contribution in [0.25, 0.3) is 0 Å². The minimum atomic E-state index is -0.665. The fraction of sp³-hybridized carbons (Fsp3) is 0.526. The number of amides is 2. The van der Waals surface area contributed by atoms with Crippen molar-refractivity contribution in [3.05, 3.63) is 35.9 Å². The van der Waals surface area contributed by atoms with Crippen molar-refractivity contribution < 1.29 is 9.59 Å². The Kier molecular flexibility index (Phi) is 5.34. The molecule has 1 N–H and O–H groups in total. The fourth-order valence-corrected chi connectivity index (χ4v) is 3.63. The predicted octanol–water partition coefficient (Wildman–Crippen LogP) is 1.40. The Morgan fingerprint density at radius 2 is 1.72 bits per heavy atom. The van der Waals surface area contributed by atoms with E-state index in [-0.39, 0.29) is 18.4 Å². The molecule has 0 aromatic heterocycles. The second-order valence-corrected chi connectivity index (χ2v) is 6.88. The van der Waals surface area contributed by atoms with Crippen molar-refractivity contribution in [3.8, 4) is 6.07 Å². The first-order valence-electron chi connectivity index (χ1n) is 8.91. The van der Waals surface area contributed by atoms with Crippen molar-refractivity contribution in [2.24, 2.45) is 0 Å². The van der Waals surface area contributed by atoms with Gasteiger partial charge in [-0.25, -0.2) is 0 Å². The first kappa shape index (κ1) is 17.4. The number of hydrogen-bond acceptors (Lipinski definition) is 4. The molecule has 1 aliphatic heterocycles. The van der Waals surface area contributed by atoms with Crippen LogP contribution in [0.5, 0.6) is 0 Å². The molecule has 1 aliphatic carbocycles. The van der Waals surface area contributed by atoms with Crippen molar-refractivity contribution in [1.82, 2.24) is 15.1 Å². The summed E-state index contributed by atoms with van der Waals surface area (Å²) in [5, 5.41) is 12.3. The van der Waals surface area contributed by atoms with Crippen LogP contribution in [0.2, 0.25) is 0 Å². The lowest BCUT2D eigenvalue weighted by Crippen LogP contribution is -2.53. The number of piperazine rings is 1. The minimum absolute atomic E-state index is 0.0408. The smallest absolute Gasteiger partial charge is 0.253 e. The van der Waals surface area contributed by atoms with Gasteiger partial charge in [-0.1, -0.05) is 18.2 Å². The Labute approximate surface area is 148 Å². The van der Waals surface area contributed by atoms with Crippen LogP contribution in [-0.2, 0) is 4.79 Å². The lowest BCUT2D eigenvalue weighted by atomic mass is 10.00. The van der Waals surface area contributed by atoms with Crippen LogP contribution >= 0.6 is 0 Å². The quantitative estimate of drug-likeness (QED) is 0.899. The highest BCUT2D eigenvalue weighted by molar-refractivity contribution is 5.94. The summed E-state index contributed by atoms with van der Waals surface area (Å²) in [6, 6.07) is 11.6. The van der Waals surface area contributed by atoms with E-state index in [2.05, 4.69) is 11.4 Å². The molecule has 1 saturated heterocycles. The highest BCUT2D eigenvalue weighted by Gasteiger charge is 2.35. The third-order valence-corrected chi connectivity index (χ3v) is 5.10. The fourth-order valence-electron chi connectivity index (χ4n) is 3.63. The van der Waals surface area contributed by atoms with E-state index in [0.717, 1.165) is 25.7 Å². The number of nitrogens with one attached hydrogen (secondary N) is 1. The van der Waals surface area contributed by atoms with E-state index in [9.17, 15) is 14.9 Å². The number of benzene rings is 1. The van der Waals surface area contributed by atoms with Crippen LogP contribution in [0.1, 0.15) is 36.0 Å². The Hall–Kier alpha value is -2.39. The molecule has 1 heterocycles. The largest absolute Gasteiger partial charge is 0.337 e. The average Bonchev–Trinajstić information content (AvgIpc) is 3.11. The summed E-state index contributed by atoms with van der Waals surface area (Å²) in [5.41, 5.74) is 0.0354. The molecule has 2 aliphatic rings. The SMILES string of the molecule is N#CC1(NC(=O)CN2CCN(C(=O)c3ccccc3)CC2)CCCC1. The number of carbonyl (C=O) groups is 2. The van der Waals surface area contributed by atoms with E-state index in [0.29, 0.717) is 31.7 Å². The minimum Gasteiger partial charge on any atom is -0.337 e. The van der Waals surface area contributed by atoms with Crippen molar-refractivity contribution in [1.29, 1.82) is 5.26 Å². The summed E-state index contributed by atoms with van der Waals surface area (Å²) < 4.78 is 0. The lowest BCUT2D eigenvalue weighted by Gasteiger charge is -2.35. The Morgan fingerprint density at radius 1 is 1.08 bits per heavy atom. The predicted molar refractivity (Wildman–Crippen MR) is 93.7 cm³/mol. The Morgan fingerprint density at radius 3 is 2.32 bits per heavy atom. The third kappa shape index (κ3) is 4.18. The molecular formula is C19H24N4O2. The molecule has 6 nitrogen and oxygen atoms in total. The van der Waals surface area contributed by atoms with Crippen molar-refractivity contribution in [2.75, 3.05) is 32.7 Å². The van der Waals surface area contributed by atoms with Crippen LogP contribution in [0, 0.1) is 11.3 Å². The highest BCUT2D eigenvalue weighted by Crippen LogP contribution is 2.28. The summed E-state index contributed by atoms with van der Waals surface area (Å²) >= 11 is 0. The first-order chi connectivity index (χ1) is 12.1. The number of rotatable bonds is 4. The molecule has 2 amide bonds. The average molecular weight is 340 g/mol. The van der Waals surface area contributed by atoms with Gasteiger partial charge in [-0.3, -0.25) is 14.5 Å². The van der Waals surface area contributed by atoms with Gasteiger partial charge < -0.3 is 10.2 Å². The molecule has 1 aromatic carbocycles. The maximum atomic E-state index is 12.4. The molecule has 1 aromatic rings. The molecule has 3 rings (SSSR count). The van der Waals surface area contributed by atoms with Gasteiger partial charge in [0, 0.05) is 31.7 Å². The second kappa shape index (κ2) is 7.66. The summed E-state index contributed by atoms with van der Waals surface area (Å²) in [5.74, 6) is -0.0506. The molecule has 0 atom stereocenters. The molecule has 6 heteroatoms.